The first-order valence-corrected chi connectivity index (χ1v) is 9.47. The molecule has 11 heteroatoms. The van der Waals surface area contributed by atoms with Crippen LogP contribution in [-0.2, 0) is 16.4 Å². The van der Waals surface area contributed by atoms with Gasteiger partial charge in [0.15, 0.2) is 11.5 Å². The molecule has 24 heavy (non-hydrogen) atoms. The van der Waals surface area contributed by atoms with Crippen LogP contribution in [0, 0.1) is 0 Å². The predicted octanol–water partition coefficient (Wildman–Crippen LogP) is 0.478. The van der Waals surface area contributed by atoms with Gasteiger partial charge in [-0.1, -0.05) is 11.3 Å². The first kappa shape index (κ1) is 15.3. The number of nitrogens with zero attached hydrogens (tertiary/aromatic N) is 4. The van der Waals surface area contributed by atoms with Crippen LogP contribution in [0.2, 0.25) is 0 Å². The summed E-state index contributed by atoms with van der Waals surface area (Å²) in [6.45, 7) is 1.11. The summed E-state index contributed by atoms with van der Waals surface area (Å²) in [4.78, 5) is 0.824. The highest BCUT2D eigenvalue weighted by molar-refractivity contribution is 7.89. The molecule has 0 amide bonds. The first-order chi connectivity index (χ1) is 11.6. The van der Waals surface area contributed by atoms with Gasteiger partial charge in [-0.15, -0.1) is 10.2 Å². The Kier molecular flexibility index (Phi) is 3.82. The molecular weight excluding hydrogens is 354 g/mol. The number of ether oxygens (including phenoxy) is 2. The van der Waals surface area contributed by atoms with Crippen LogP contribution in [0.15, 0.2) is 29.4 Å². The average Bonchev–Trinajstić information content (AvgIpc) is 3.16. The van der Waals surface area contributed by atoms with E-state index in [1.165, 1.54) is 29.8 Å². The molecule has 1 aliphatic rings. The normalized spacial score (nSPS) is 14.2. The fourth-order valence-corrected chi connectivity index (χ4v) is 4.13. The summed E-state index contributed by atoms with van der Waals surface area (Å²) in [6.07, 6.45) is 1.98. The van der Waals surface area contributed by atoms with Crippen molar-refractivity contribution in [1.29, 1.82) is 0 Å². The van der Waals surface area contributed by atoms with Crippen LogP contribution in [-0.4, -0.2) is 48.0 Å². The van der Waals surface area contributed by atoms with Crippen LogP contribution < -0.4 is 14.2 Å². The third-order valence-electron chi connectivity index (χ3n) is 3.38. The van der Waals surface area contributed by atoms with Gasteiger partial charge in [-0.25, -0.2) is 13.1 Å². The van der Waals surface area contributed by atoms with E-state index < -0.39 is 10.0 Å². The van der Waals surface area contributed by atoms with E-state index in [0.29, 0.717) is 36.1 Å². The highest BCUT2D eigenvalue weighted by Gasteiger charge is 2.19. The molecule has 9 nitrogen and oxygen atoms in total. The Bertz CT molecular complexity index is 953. The molecule has 1 aromatic carbocycles. The molecule has 3 heterocycles. The molecule has 1 N–H and O–H groups in total. The Hall–Kier alpha value is -2.24. The third-order valence-corrected chi connectivity index (χ3v) is 5.81. The zero-order valence-corrected chi connectivity index (χ0v) is 14.0. The van der Waals surface area contributed by atoms with E-state index in [9.17, 15) is 8.42 Å². The number of benzene rings is 1. The lowest BCUT2D eigenvalue weighted by Crippen LogP contribution is -2.26. The molecule has 4 rings (SSSR count). The highest BCUT2D eigenvalue weighted by Crippen LogP contribution is 2.32. The number of nitrogens with one attached hydrogen (secondary N) is 1. The third kappa shape index (κ3) is 2.92. The molecular formula is C13H13N5O4S2. The van der Waals surface area contributed by atoms with E-state index in [2.05, 4.69) is 20.0 Å². The van der Waals surface area contributed by atoms with Crippen LogP contribution in [0.3, 0.4) is 0 Å². The smallest absolute Gasteiger partial charge is 0.240 e. The topological polar surface area (TPSA) is 108 Å². The molecule has 1 aliphatic heterocycles. The number of hydrogen-bond donors (Lipinski definition) is 1. The molecule has 0 saturated heterocycles. The first-order valence-electron chi connectivity index (χ1n) is 7.17. The lowest BCUT2D eigenvalue weighted by Gasteiger charge is -2.18. The number of hydrogen-bond acceptors (Lipinski definition) is 8. The summed E-state index contributed by atoms with van der Waals surface area (Å²) in [7, 11) is -3.62. The largest absolute Gasteiger partial charge is 0.486 e. The van der Waals surface area contributed by atoms with Crippen molar-refractivity contribution in [3.8, 4) is 11.5 Å². The van der Waals surface area contributed by atoms with Gasteiger partial charge in [-0.2, -0.15) is 9.61 Å². The fourth-order valence-electron chi connectivity index (χ4n) is 2.27. The molecule has 126 valence electrons. The Labute approximate surface area is 141 Å². The summed E-state index contributed by atoms with van der Waals surface area (Å²) >= 11 is 1.38. The lowest BCUT2D eigenvalue weighted by molar-refractivity contribution is 0.171. The van der Waals surface area contributed by atoms with Crippen molar-refractivity contribution in [2.75, 3.05) is 19.8 Å². The molecule has 0 spiro atoms. The molecule has 0 bridgehead atoms. The van der Waals surface area contributed by atoms with Gasteiger partial charge < -0.3 is 9.47 Å². The summed E-state index contributed by atoms with van der Waals surface area (Å²) in [5.41, 5.74) is 0. The van der Waals surface area contributed by atoms with Crippen LogP contribution in [0.1, 0.15) is 5.01 Å². The van der Waals surface area contributed by atoms with Gasteiger partial charge in [-0.05, 0) is 12.1 Å². The number of fused-ring (bicyclic) bond motifs is 2. The minimum atomic E-state index is -3.62. The van der Waals surface area contributed by atoms with Crippen molar-refractivity contribution in [3.05, 3.63) is 29.5 Å². The molecule has 3 aromatic rings. The molecule has 0 atom stereocenters. The van der Waals surface area contributed by atoms with Crippen LogP contribution in [0.4, 0.5) is 0 Å². The maximum Gasteiger partial charge on any atom is 0.240 e. The van der Waals surface area contributed by atoms with Crippen molar-refractivity contribution in [3.63, 3.8) is 0 Å². The van der Waals surface area contributed by atoms with Gasteiger partial charge in [0.1, 0.15) is 24.5 Å². The molecule has 0 saturated carbocycles. The maximum atomic E-state index is 12.4. The van der Waals surface area contributed by atoms with Crippen LogP contribution in [0.25, 0.3) is 4.96 Å². The van der Waals surface area contributed by atoms with E-state index >= 15 is 0 Å². The number of aromatic nitrogens is 4. The number of rotatable bonds is 5. The minimum Gasteiger partial charge on any atom is -0.486 e. The Morgan fingerprint density at radius 2 is 2.08 bits per heavy atom. The SMILES string of the molecule is O=S(=O)(NCCc1nn2cnnc2s1)c1ccc2c(c1)OCCO2. The van der Waals surface area contributed by atoms with Gasteiger partial charge in [0, 0.05) is 19.0 Å². The summed E-state index contributed by atoms with van der Waals surface area (Å²) in [5, 5.41) is 12.7. The maximum absolute atomic E-state index is 12.4. The van der Waals surface area contributed by atoms with Gasteiger partial charge in [-0.3, -0.25) is 0 Å². The molecule has 2 aromatic heterocycles. The van der Waals surface area contributed by atoms with Crippen molar-refractivity contribution in [1.82, 2.24) is 24.5 Å². The highest BCUT2D eigenvalue weighted by atomic mass is 32.2. The monoisotopic (exact) mass is 367 g/mol. The van der Waals surface area contributed by atoms with Gasteiger partial charge >= 0.3 is 0 Å². The molecule has 0 fully saturated rings. The van der Waals surface area contributed by atoms with Crippen molar-refractivity contribution >= 4 is 26.3 Å². The van der Waals surface area contributed by atoms with Crippen molar-refractivity contribution < 1.29 is 17.9 Å². The second-order valence-corrected chi connectivity index (χ2v) is 7.81. The van der Waals surface area contributed by atoms with Gasteiger partial charge in [0.25, 0.3) is 0 Å². The van der Waals surface area contributed by atoms with Gasteiger partial charge in [0.2, 0.25) is 15.0 Å². The number of sulfonamides is 1. The molecule has 0 radical (unpaired) electrons. The van der Waals surface area contributed by atoms with E-state index in [1.54, 1.807) is 10.6 Å². The standard InChI is InChI=1S/C13H13N5O4S2/c19-24(20,9-1-2-10-11(7-9)22-6-5-21-10)15-4-3-12-17-18-8-14-16-13(18)23-12/h1-2,7-8,15H,3-6H2. The predicted molar refractivity (Wildman–Crippen MR) is 85.0 cm³/mol. The van der Waals surface area contributed by atoms with Crippen LogP contribution >= 0.6 is 11.3 Å². The lowest BCUT2D eigenvalue weighted by atomic mass is 10.3. The minimum absolute atomic E-state index is 0.143. The van der Waals surface area contributed by atoms with Crippen LogP contribution in [0.5, 0.6) is 11.5 Å². The Balaban J connectivity index is 1.44. The van der Waals surface area contributed by atoms with Crippen molar-refractivity contribution in [2.24, 2.45) is 0 Å². The Morgan fingerprint density at radius 3 is 2.92 bits per heavy atom. The van der Waals surface area contributed by atoms with E-state index in [4.69, 9.17) is 9.47 Å². The van der Waals surface area contributed by atoms with E-state index in [-0.39, 0.29) is 11.4 Å². The van der Waals surface area contributed by atoms with E-state index in [1.807, 2.05) is 0 Å². The van der Waals surface area contributed by atoms with Crippen molar-refractivity contribution in [2.45, 2.75) is 11.3 Å². The van der Waals surface area contributed by atoms with Gasteiger partial charge in [0.05, 0.1) is 4.90 Å². The Morgan fingerprint density at radius 1 is 1.25 bits per heavy atom. The second-order valence-electron chi connectivity index (χ2n) is 5.01. The zero-order chi connectivity index (χ0) is 16.6. The fraction of sp³-hybridized carbons (Fsp3) is 0.308. The average molecular weight is 367 g/mol. The molecule has 0 unspecified atom stereocenters. The molecule has 0 aliphatic carbocycles. The summed E-state index contributed by atoms with van der Waals surface area (Å²) in [5.74, 6) is 0.998. The van der Waals surface area contributed by atoms with E-state index in [0.717, 1.165) is 5.01 Å². The zero-order valence-electron chi connectivity index (χ0n) is 12.4. The summed E-state index contributed by atoms with van der Waals surface area (Å²) in [6, 6.07) is 4.57. The second kappa shape index (κ2) is 6.00. The quantitative estimate of drug-likeness (QED) is 0.699. The summed E-state index contributed by atoms with van der Waals surface area (Å²) < 4.78 is 39.7.